The van der Waals surface area contributed by atoms with Crippen molar-refractivity contribution in [2.75, 3.05) is 5.32 Å². The molecule has 0 fully saturated rings. The molecule has 6 heteroatoms. The Morgan fingerprint density at radius 3 is 2.68 bits per heavy atom. The predicted octanol–water partition coefficient (Wildman–Crippen LogP) is 3.43. The van der Waals surface area contributed by atoms with E-state index in [-0.39, 0.29) is 36.4 Å². The monoisotopic (exact) mass is 426 g/mol. The van der Waals surface area contributed by atoms with Crippen LogP contribution in [0, 0.1) is 0 Å². The first-order valence-corrected chi connectivity index (χ1v) is 6.88. The van der Waals surface area contributed by atoms with E-state index in [1.807, 2.05) is 30.5 Å². The Balaban J connectivity index is 0.00000176. The predicted molar refractivity (Wildman–Crippen MR) is 97.4 cm³/mol. The Morgan fingerprint density at radius 2 is 1.91 bits per heavy atom. The largest absolute Gasteiger partial charge is 0.320 e. The molecule has 0 radical (unpaired) electrons. The molecule has 112 valence electrons. The molecule has 1 aromatic heterocycles. The summed E-state index contributed by atoms with van der Waals surface area (Å²) in [6.45, 7) is 0.150. The molecule has 0 bridgehead atoms. The summed E-state index contributed by atoms with van der Waals surface area (Å²) in [4.78, 5) is 12.0. The van der Waals surface area contributed by atoms with E-state index in [0.29, 0.717) is 10.7 Å². The van der Waals surface area contributed by atoms with Gasteiger partial charge in [0, 0.05) is 21.5 Å². The number of halogens is 2. The fourth-order valence-corrected chi connectivity index (χ4v) is 2.27. The Morgan fingerprint density at radius 1 is 1.14 bits per heavy atom. The number of hydrogen-bond acceptors (Lipinski definition) is 2. The van der Waals surface area contributed by atoms with Crippen molar-refractivity contribution in [1.82, 2.24) is 5.10 Å². The maximum Gasteiger partial charge on any atom is 0.292 e. The fourth-order valence-electron chi connectivity index (χ4n) is 2.08. The van der Waals surface area contributed by atoms with Gasteiger partial charge in [-0.05, 0) is 29.4 Å². The Labute approximate surface area is 150 Å². The number of carbonyl (C=O) groups is 1. The lowest BCUT2D eigenvalue weighted by atomic mass is 10.2. The minimum Gasteiger partial charge on any atom is -0.320 e. The zero-order valence-corrected chi connectivity index (χ0v) is 14.7. The standard InChI is InChI=1S/C16H12ClN3O.HI/c17-14-6-3-7-15(8-14)19-16(21)11-20-10-13-5-2-1-4-12(13)9-18-20;/h1-10H,11H2;1H/p+1. The number of benzene rings is 2. The molecule has 0 saturated carbocycles. The molecule has 1 N–H and O–H groups in total. The number of nitrogens with one attached hydrogen (secondary N) is 1. The Kier molecular flexibility index (Phi) is 5.68. The normalized spacial score (nSPS) is 10.0. The van der Waals surface area contributed by atoms with Gasteiger partial charge in [-0.2, -0.15) is 0 Å². The Hall–Kier alpha value is -1.73. The number of carbonyl (C=O) groups excluding carboxylic acids is 1. The van der Waals surface area contributed by atoms with Crippen molar-refractivity contribution >= 4 is 57.9 Å². The van der Waals surface area contributed by atoms with Crippen LogP contribution in [0.1, 0.15) is 0 Å². The van der Waals surface area contributed by atoms with Gasteiger partial charge in [0.25, 0.3) is 12.5 Å². The SMILES string of the molecule is I.O=C(C[n+]1cc2ccccc2cn1)Nc1cccc(Cl)c1. The highest BCUT2D eigenvalue weighted by molar-refractivity contribution is 14.0. The lowest BCUT2D eigenvalue weighted by Gasteiger charge is -2.02. The van der Waals surface area contributed by atoms with E-state index in [2.05, 4.69) is 10.4 Å². The van der Waals surface area contributed by atoms with E-state index < -0.39 is 0 Å². The van der Waals surface area contributed by atoms with Crippen LogP contribution in [-0.2, 0) is 11.3 Å². The van der Waals surface area contributed by atoms with Gasteiger partial charge in [-0.1, -0.05) is 40.5 Å². The van der Waals surface area contributed by atoms with Gasteiger partial charge < -0.3 is 5.32 Å². The second kappa shape index (κ2) is 7.51. The second-order valence-electron chi connectivity index (χ2n) is 4.66. The van der Waals surface area contributed by atoms with E-state index in [4.69, 9.17) is 11.6 Å². The highest BCUT2D eigenvalue weighted by Gasteiger charge is 2.12. The summed E-state index contributed by atoms with van der Waals surface area (Å²) < 4.78 is 1.61. The van der Waals surface area contributed by atoms with Crippen LogP contribution in [0.15, 0.2) is 60.9 Å². The van der Waals surface area contributed by atoms with Gasteiger partial charge in [0.05, 0.1) is 0 Å². The summed E-state index contributed by atoms with van der Waals surface area (Å²) in [5.74, 6) is -0.148. The van der Waals surface area contributed by atoms with Crippen molar-refractivity contribution in [3.05, 3.63) is 65.9 Å². The molecule has 4 nitrogen and oxygen atoms in total. The third kappa shape index (κ3) is 4.14. The van der Waals surface area contributed by atoms with Gasteiger partial charge in [0.1, 0.15) is 6.20 Å². The molecule has 2 aromatic carbocycles. The van der Waals surface area contributed by atoms with Gasteiger partial charge in [-0.3, -0.25) is 4.79 Å². The van der Waals surface area contributed by atoms with Crippen LogP contribution >= 0.6 is 35.6 Å². The summed E-state index contributed by atoms with van der Waals surface area (Å²) in [5.41, 5.74) is 0.675. The van der Waals surface area contributed by atoms with Gasteiger partial charge in [0.15, 0.2) is 0 Å². The average Bonchev–Trinajstić information content (AvgIpc) is 2.47. The first-order chi connectivity index (χ1) is 10.2. The van der Waals surface area contributed by atoms with Crippen LogP contribution < -0.4 is 10.00 Å². The molecule has 3 rings (SSSR count). The van der Waals surface area contributed by atoms with E-state index in [9.17, 15) is 4.79 Å². The van der Waals surface area contributed by atoms with E-state index >= 15 is 0 Å². The van der Waals surface area contributed by atoms with Crippen LogP contribution in [0.2, 0.25) is 5.02 Å². The minimum atomic E-state index is -0.148. The minimum absolute atomic E-state index is 0. The van der Waals surface area contributed by atoms with E-state index in [0.717, 1.165) is 10.8 Å². The number of anilines is 1. The highest BCUT2D eigenvalue weighted by Crippen LogP contribution is 2.14. The zero-order valence-electron chi connectivity index (χ0n) is 11.6. The smallest absolute Gasteiger partial charge is 0.292 e. The average molecular weight is 427 g/mol. The van der Waals surface area contributed by atoms with Crippen LogP contribution in [0.3, 0.4) is 0 Å². The van der Waals surface area contributed by atoms with Gasteiger partial charge in [-0.25, -0.2) is 0 Å². The topological polar surface area (TPSA) is 45.9 Å². The molecule has 0 aliphatic heterocycles. The van der Waals surface area contributed by atoms with Crippen molar-refractivity contribution in [2.24, 2.45) is 0 Å². The van der Waals surface area contributed by atoms with Crippen molar-refractivity contribution in [1.29, 1.82) is 0 Å². The van der Waals surface area contributed by atoms with Gasteiger partial charge in [0.2, 0.25) is 6.20 Å². The van der Waals surface area contributed by atoms with Crippen LogP contribution in [0.4, 0.5) is 5.69 Å². The first kappa shape index (κ1) is 16.6. The second-order valence-corrected chi connectivity index (χ2v) is 5.10. The zero-order chi connectivity index (χ0) is 14.7. The molecule has 1 heterocycles. The summed E-state index contributed by atoms with van der Waals surface area (Å²) in [5, 5.41) is 9.71. The molecular formula is C16H14ClIN3O+. The fraction of sp³-hybridized carbons (Fsp3) is 0.0625. The molecule has 3 aromatic rings. The van der Waals surface area contributed by atoms with E-state index in [1.54, 1.807) is 35.1 Å². The third-order valence-corrected chi connectivity index (χ3v) is 3.28. The molecule has 0 unspecified atom stereocenters. The highest BCUT2D eigenvalue weighted by atomic mass is 127. The summed E-state index contributed by atoms with van der Waals surface area (Å²) in [6.07, 6.45) is 3.61. The van der Waals surface area contributed by atoms with Crippen molar-refractivity contribution in [3.8, 4) is 0 Å². The van der Waals surface area contributed by atoms with E-state index in [1.165, 1.54) is 0 Å². The lowest BCUT2D eigenvalue weighted by Crippen LogP contribution is -2.43. The number of rotatable bonds is 3. The lowest BCUT2D eigenvalue weighted by molar-refractivity contribution is -0.740. The number of fused-ring (bicyclic) bond motifs is 1. The maximum atomic E-state index is 12.0. The first-order valence-electron chi connectivity index (χ1n) is 6.51. The molecule has 0 atom stereocenters. The summed E-state index contributed by atoms with van der Waals surface area (Å²) in [7, 11) is 0. The maximum absolute atomic E-state index is 12.0. The van der Waals surface area contributed by atoms with Crippen molar-refractivity contribution in [2.45, 2.75) is 6.54 Å². The van der Waals surface area contributed by atoms with Gasteiger partial charge in [-0.15, -0.1) is 24.0 Å². The van der Waals surface area contributed by atoms with Crippen LogP contribution in [0.25, 0.3) is 10.8 Å². The number of amides is 1. The molecular weight excluding hydrogens is 413 g/mol. The third-order valence-electron chi connectivity index (χ3n) is 3.04. The molecule has 0 aliphatic rings. The number of aromatic nitrogens is 2. The van der Waals surface area contributed by atoms with Crippen LogP contribution in [-0.4, -0.2) is 11.0 Å². The molecule has 1 amide bonds. The number of hydrogen-bond donors (Lipinski definition) is 1. The Bertz CT molecular complexity index is 810. The number of nitrogens with zero attached hydrogens (tertiary/aromatic N) is 2. The van der Waals surface area contributed by atoms with Gasteiger partial charge >= 0.3 is 0 Å². The van der Waals surface area contributed by atoms with Crippen molar-refractivity contribution in [3.63, 3.8) is 0 Å². The molecule has 0 spiro atoms. The summed E-state index contributed by atoms with van der Waals surface area (Å²) >= 11 is 5.88. The molecule has 0 saturated heterocycles. The quantitative estimate of drug-likeness (QED) is 0.515. The van der Waals surface area contributed by atoms with Crippen molar-refractivity contribution < 1.29 is 9.48 Å². The van der Waals surface area contributed by atoms with Crippen LogP contribution in [0.5, 0.6) is 0 Å². The summed E-state index contributed by atoms with van der Waals surface area (Å²) in [6, 6.07) is 14.9. The molecule has 22 heavy (non-hydrogen) atoms. The molecule has 0 aliphatic carbocycles.